The number of benzene rings is 2. The van der Waals surface area contributed by atoms with Crippen LogP contribution in [0, 0.1) is 5.82 Å². The molecule has 2 aromatic carbocycles. The Bertz CT molecular complexity index is 916. The van der Waals surface area contributed by atoms with Crippen molar-refractivity contribution in [3.63, 3.8) is 0 Å². The number of halogens is 2. The van der Waals surface area contributed by atoms with E-state index in [2.05, 4.69) is 15.2 Å². The molecule has 0 unspecified atom stereocenters. The molecule has 0 saturated carbocycles. The lowest BCUT2D eigenvalue weighted by atomic mass is 10.2. The molecule has 1 N–H and O–H groups in total. The first-order valence-electron chi connectivity index (χ1n) is 8.38. The topological polar surface area (TPSA) is 61.9 Å². The predicted molar refractivity (Wildman–Crippen MR) is 105 cm³/mol. The van der Waals surface area contributed by atoms with E-state index in [1.165, 1.54) is 23.9 Å². The first-order chi connectivity index (χ1) is 13.0. The maximum absolute atomic E-state index is 13.3. The van der Waals surface area contributed by atoms with Crippen LogP contribution in [0.5, 0.6) is 0 Å². The molecule has 1 aromatic heterocycles. The molecule has 8 heteroatoms. The van der Waals surface area contributed by atoms with Gasteiger partial charge in [0, 0.05) is 23.7 Å². The number of amides is 1. The number of nitrogens with one attached hydrogen (secondary N) is 1. The number of hydrogen-bond donors (Lipinski definition) is 1. The maximum atomic E-state index is 13.3. The van der Waals surface area contributed by atoms with Crippen molar-refractivity contribution in [2.45, 2.75) is 18.6 Å². The highest BCUT2D eigenvalue weighted by atomic mass is 35.5. The Kier molecular flexibility index (Phi) is 6.47. The van der Waals surface area contributed by atoms with Crippen molar-refractivity contribution >= 4 is 29.3 Å². The third-order valence-electron chi connectivity index (χ3n) is 3.90. The van der Waals surface area contributed by atoms with Crippen LogP contribution in [0.25, 0.3) is 11.4 Å². The van der Waals surface area contributed by atoms with Crippen LogP contribution >= 0.6 is 23.4 Å². The monoisotopic (exact) mass is 404 g/mol. The lowest BCUT2D eigenvalue weighted by Gasteiger charge is -2.20. The van der Waals surface area contributed by atoms with E-state index in [1.807, 2.05) is 19.1 Å². The molecule has 0 bridgehead atoms. The summed E-state index contributed by atoms with van der Waals surface area (Å²) in [6.45, 7) is 2.81. The van der Waals surface area contributed by atoms with Crippen LogP contribution in [0.1, 0.15) is 12.5 Å². The van der Waals surface area contributed by atoms with Crippen molar-refractivity contribution in [2.75, 3.05) is 12.3 Å². The van der Waals surface area contributed by atoms with Gasteiger partial charge in [-0.2, -0.15) is 0 Å². The molecular formula is C19H18ClFN4OS. The van der Waals surface area contributed by atoms with E-state index in [9.17, 15) is 9.18 Å². The van der Waals surface area contributed by atoms with Crippen molar-refractivity contribution in [3.8, 4) is 11.4 Å². The van der Waals surface area contributed by atoms with Gasteiger partial charge in [-0.25, -0.2) is 9.37 Å². The van der Waals surface area contributed by atoms with Gasteiger partial charge in [-0.1, -0.05) is 35.5 Å². The van der Waals surface area contributed by atoms with Crippen LogP contribution in [-0.2, 0) is 11.3 Å². The Balaban J connectivity index is 1.58. The van der Waals surface area contributed by atoms with Gasteiger partial charge in [0.1, 0.15) is 5.82 Å². The molecular weight excluding hydrogens is 387 g/mol. The molecule has 3 rings (SSSR count). The summed E-state index contributed by atoms with van der Waals surface area (Å²) in [5.41, 5.74) is 1.63. The summed E-state index contributed by atoms with van der Waals surface area (Å²) in [6, 6.07) is 13.5. The van der Waals surface area contributed by atoms with Crippen LogP contribution in [-0.4, -0.2) is 38.3 Å². The molecule has 27 heavy (non-hydrogen) atoms. The SMILES string of the molecule is CCN(Cc1cccc(F)c1)C(=O)CSc1n[nH]c(-c2ccc(Cl)cc2)n1. The van der Waals surface area contributed by atoms with E-state index in [-0.39, 0.29) is 17.5 Å². The Morgan fingerprint density at radius 3 is 2.74 bits per heavy atom. The van der Waals surface area contributed by atoms with Crippen LogP contribution < -0.4 is 0 Å². The maximum Gasteiger partial charge on any atom is 0.233 e. The van der Waals surface area contributed by atoms with Crippen molar-refractivity contribution in [1.29, 1.82) is 0 Å². The number of carbonyl (C=O) groups excluding carboxylic acids is 1. The van der Waals surface area contributed by atoms with E-state index in [0.717, 1.165) is 11.1 Å². The second-order valence-electron chi connectivity index (χ2n) is 5.80. The summed E-state index contributed by atoms with van der Waals surface area (Å²) in [5, 5.41) is 8.15. The summed E-state index contributed by atoms with van der Waals surface area (Å²) < 4.78 is 13.3. The van der Waals surface area contributed by atoms with Crippen molar-refractivity contribution < 1.29 is 9.18 Å². The van der Waals surface area contributed by atoms with E-state index < -0.39 is 0 Å². The van der Waals surface area contributed by atoms with Crippen LogP contribution in [0.4, 0.5) is 4.39 Å². The Labute approximate surface area is 166 Å². The van der Waals surface area contributed by atoms with E-state index in [4.69, 9.17) is 11.6 Å². The van der Waals surface area contributed by atoms with E-state index in [0.29, 0.717) is 29.1 Å². The number of thioether (sulfide) groups is 1. The minimum Gasteiger partial charge on any atom is -0.338 e. The molecule has 1 heterocycles. The van der Waals surface area contributed by atoms with Crippen molar-refractivity contribution in [2.24, 2.45) is 0 Å². The molecule has 3 aromatic rings. The third kappa shape index (κ3) is 5.30. The molecule has 0 aliphatic carbocycles. The largest absolute Gasteiger partial charge is 0.338 e. The number of aromatic amines is 1. The molecule has 0 radical (unpaired) electrons. The number of carbonyl (C=O) groups is 1. The number of aromatic nitrogens is 3. The summed E-state index contributed by atoms with van der Waals surface area (Å²) in [6.07, 6.45) is 0. The van der Waals surface area contributed by atoms with Gasteiger partial charge >= 0.3 is 0 Å². The zero-order valence-electron chi connectivity index (χ0n) is 14.7. The lowest BCUT2D eigenvalue weighted by molar-refractivity contribution is -0.128. The fraction of sp³-hybridized carbons (Fsp3) is 0.211. The number of hydrogen-bond acceptors (Lipinski definition) is 4. The molecule has 140 valence electrons. The lowest BCUT2D eigenvalue weighted by Crippen LogP contribution is -2.31. The highest BCUT2D eigenvalue weighted by Gasteiger charge is 2.15. The molecule has 1 amide bonds. The van der Waals surface area contributed by atoms with E-state index >= 15 is 0 Å². The summed E-state index contributed by atoms with van der Waals surface area (Å²) in [7, 11) is 0. The van der Waals surface area contributed by atoms with Gasteiger partial charge in [-0.05, 0) is 48.9 Å². The molecule has 0 saturated heterocycles. The molecule has 0 aliphatic rings. The second kappa shape index (κ2) is 9.01. The molecule has 0 fully saturated rings. The van der Waals surface area contributed by atoms with Gasteiger partial charge in [0.2, 0.25) is 11.1 Å². The van der Waals surface area contributed by atoms with Crippen molar-refractivity contribution in [3.05, 3.63) is 64.9 Å². The molecule has 0 atom stereocenters. The second-order valence-corrected chi connectivity index (χ2v) is 7.18. The van der Waals surface area contributed by atoms with Crippen LogP contribution in [0.3, 0.4) is 0 Å². The van der Waals surface area contributed by atoms with Crippen LogP contribution in [0.2, 0.25) is 5.02 Å². The zero-order valence-corrected chi connectivity index (χ0v) is 16.2. The number of rotatable bonds is 7. The molecule has 5 nitrogen and oxygen atoms in total. The Morgan fingerprint density at radius 2 is 2.04 bits per heavy atom. The Hall–Kier alpha value is -2.38. The first-order valence-corrected chi connectivity index (χ1v) is 9.75. The van der Waals surface area contributed by atoms with Gasteiger partial charge in [0.15, 0.2) is 5.82 Å². The van der Waals surface area contributed by atoms with Crippen LogP contribution in [0.15, 0.2) is 53.7 Å². The first kappa shape index (κ1) is 19.4. The van der Waals surface area contributed by atoms with Gasteiger partial charge in [-0.15, -0.1) is 5.10 Å². The Morgan fingerprint density at radius 1 is 1.26 bits per heavy atom. The summed E-state index contributed by atoms with van der Waals surface area (Å²) in [4.78, 5) is 18.6. The molecule has 0 spiro atoms. The predicted octanol–water partition coefficient (Wildman–Crippen LogP) is 4.41. The van der Waals surface area contributed by atoms with Crippen molar-refractivity contribution in [1.82, 2.24) is 20.1 Å². The van der Waals surface area contributed by atoms with Gasteiger partial charge in [-0.3, -0.25) is 9.89 Å². The third-order valence-corrected chi connectivity index (χ3v) is 4.99. The summed E-state index contributed by atoms with van der Waals surface area (Å²) >= 11 is 7.15. The molecule has 0 aliphatic heterocycles. The normalized spacial score (nSPS) is 10.8. The highest BCUT2D eigenvalue weighted by Crippen LogP contribution is 2.21. The minimum atomic E-state index is -0.305. The minimum absolute atomic E-state index is 0.0513. The average Bonchev–Trinajstić information content (AvgIpc) is 3.14. The highest BCUT2D eigenvalue weighted by molar-refractivity contribution is 7.99. The zero-order chi connectivity index (χ0) is 19.2. The fourth-order valence-corrected chi connectivity index (χ4v) is 3.32. The quantitative estimate of drug-likeness (QED) is 0.592. The standard InChI is InChI=1S/C19H18ClFN4OS/c1-2-25(11-13-4-3-5-16(21)10-13)17(26)12-27-19-22-18(23-24-19)14-6-8-15(20)9-7-14/h3-10H,2,11-12H2,1H3,(H,22,23,24). The van der Waals surface area contributed by atoms with Gasteiger partial charge in [0.25, 0.3) is 0 Å². The van der Waals surface area contributed by atoms with E-state index in [1.54, 1.807) is 29.2 Å². The number of H-pyrrole nitrogens is 1. The fourth-order valence-electron chi connectivity index (χ4n) is 2.50. The smallest absolute Gasteiger partial charge is 0.233 e. The van der Waals surface area contributed by atoms with Gasteiger partial charge in [0.05, 0.1) is 5.75 Å². The summed E-state index contributed by atoms with van der Waals surface area (Å²) in [5.74, 6) is 0.472. The average molecular weight is 405 g/mol. The number of nitrogens with zero attached hydrogens (tertiary/aromatic N) is 3. The van der Waals surface area contributed by atoms with Gasteiger partial charge < -0.3 is 4.90 Å².